The van der Waals surface area contributed by atoms with Crippen molar-refractivity contribution in [3.8, 4) is 11.4 Å². The number of nitrogens with one attached hydrogen (secondary N) is 1. The molecule has 0 spiro atoms. The number of fused-ring (bicyclic) bond motifs is 2. The normalized spacial score (nSPS) is 21.4. The number of hydrogen-bond donors (Lipinski definition) is 1. The molecule has 10 heteroatoms. The molecule has 1 saturated heterocycles. The molecule has 2 aromatic rings. The number of hydrazine groups is 1. The first-order valence-electron chi connectivity index (χ1n) is 9.13. The van der Waals surface area contributed by atoms with Gasteiger partial charge in [0.25, 0.3) is 5.91 Å². The number of alkyl halides is 3. The number of hydrogen-bond acceptors (Lipinski definition) is 4. The molecule has 1 aromatic heterocycles. The van der Waals surface area contributed by atoms with E-state index in [0.29, 0.717) is 5.56 Å². The van der Waals surface area contributed by atoms with Gasteiger partial charge in [-0.2, -0.15) is 13.2 Å². The first kappa shape index (κ1) is 19.2. The van der Waals surface area contributed by atoms with Gasteiger partial charge in [-0.25, -0.2) is 9.67 Å². The molecular weight excluding hydrogens is 387 g/mol. The van der Waals surface area contributed by atoms with Gasteiger partial charge in [-0.1, -0.05) is 0 Å². The van der Waals surface area contributed by atoms with Crippen molar-refractivity contribution in [2.45, 2.75) is 38.4 Å². The summed E-state index contributed by atoms with van der Waals surface area (Å²) in [6.45, 7) is 1.56. The van der Waals surface area contributed by atoms with Gasteiger partial charge >= 0.3 is 6.18 Å². The average molecular weight is 405 g/mol. The third kappa shape index (κ3) is 3.87. The Hall–Kier alpha value is -3.17. The minimum atomic E-state index is -4.46. The number of nitrogens with zero attached hydrogens (tertiary/aromatic N) is 4. The van der Waals surface area contributed by atoms with Crippen LogP contribution in [0.5, 0.6) is 0 Å². The molecule has 1 aliphatic carbocycles. The molecule has 152 valence electrons. The zero-order chi connectivity index (χ0) is 20.8. The molecule has 2 fully saturated rings. The Labute approximate surface area is 164 Å². The summed E-state index contributed by atoms with van der Waals surface area (Å²) < 4.78 is 40.2. The Morgan fingerprint density at radius 2 is 2.07 bits per heavy atom. The van der Waals surface area contributed by atoms with Crippen LogP contribution in [0.3, 0.4) is 0 Å². The lowest BCUT2D eigenvalue weighted by Crippen LogP contribution is -2.49. The summed E-state index contributed by atoms with van der Waals surface area (Å²) in [6.07, 6.45) is 1.85. The van der Waals surface area contributed by atoms with Gasteiger partial charge < -0.3 is 0 Å². The van der Waals surface area contributed by atoms with Gasteiger partial charge in [-0.05, 0) is 49.9 Å². The molecule has 2 atom stereocenters. The van der Waals surface area contributed by atoms with E-state index in [1.165, 1.54) is 28.3 Å². The Balaban J connectivity index is 1.45. The molecule has 7 nitrogen and oxygen atoms in total. The molecular formula is C19H18F3N5O2. The van der Waals surface area contributed by atoms with Crippen LogP contribution >= 0.6 is 0 Å². The molecule has 1 N–H and O–H groups in total. The number of benzene rings is 1. The lowest BCUT2D eigenvalue weighted by Gasteiger charge is -2.26. The van der Waals surface area contributed by atoms with E-state index in [0.717, 1.165) is 31.4 Å². The maximum atomic E-state index is 13.0. The smallest absolute Gasteiger partial charge is 0.273 e. The van der Waals surface area contributed by atoms with Gasteiger partial charge in [0.1, 0.15) is 6.33 Å². The van der Waals surface area contributed by atoms with Crippen LogP contribution in [0, 0.1) is 12.8 Å². The number of amides is 2. The predicted molar refractivity (Wildman–Crippen MR) is 96.6 cm³/mol. The van der Waals surface area contributed by atoms with Crippen LogP contribution in [0.25, 0.3) is 17.6 Å². The Morgan fingerprint density at radius 1 is 1.28 bits per heavy atom. The van der Waals surface area contributed by atoms with E-state index in [2.05, 4.69) is 15.5 Å². The first-order valence-corrected chi connectivity index (χ1v) is 9.13. The summed E-state index contributed by atoms with van der Waals surface area (Å²) in [4.78, 5) is 28.1. The third-order valence-corrected chi connectivity index (χ3v) is 5.14. The molecule has 4 rings (SSSR count). The van der Waals surface area contributed by atoms with Crippen molar-refractivity contribution in [3.63, 3.8) is 0 Å². The van der Waals surface area contributed by atoms with Crippen LogP contribution in [-0.4, -0.2) is 37.6 Å². The maximum absolute atomic E-state index is 13.0. The molecule has 2 amide bonds. The third-order valence-electron chi connectivity index (χ3n) is 5.14. The van der Waals surface area contributed by atoms with Crippen LogP contribution in [0.4, 0.5) is 13.2 Å². The van der Waals surface area contributed by atoms with E-state index in [1.807, 2.05) is 0 Å². The van der Waals surface area contributed by atoms with Gasteiger partial charge in [0, 0.05) is 23.8 Å². The molecule has 1 aliphatic heterocycles. The Bertz CT molecular complexity index is 998. The highest BCUT2D eigenvalue weighted by molar-refractivity contribution is 5.92. The molecule has 2 bridgehead atoms. The average Bonchev–Trinajstić information content (AvgIpc) is 3.37. The van der Waals surface area contributed by atoms with Crippen molar-refractivity contribution in [1.82, 2.24) is 25.2 Å². The quantitative estimate of drug-likeness (QED) is 0.794. The molecule has 2 heterocycles. The van der Waals surface area contributed by atoms with Crippen LogP contribution in [-0.2, 0) is 15.8 Å². The summed E-state index contributed by atoms with van der Waals surface area (Å²) >= 11 is 0. The van der Waals surface area contributed by atoms with Crippen LogP contribution in [0.2, 0.25) is 0 Å². The highest BCUT2D eigenvalue weighted by Crippen LogP contribution is 2.37. The largest absolute Gasteiger partial charge is 0.416 e. The fourth-order valence-corrected chi connectivity index (χ4v) is 3.79. The van der Waals surface area contributed by atoms with Gasteiger partial charge in [0.15, 0.2) is 5.82 Å². The van der Waals surface area contributed by atoms with Gasteiger partial charge in [0.05, 0.1) is 11.6 Å². The molecule has 1 saturated carbocycles. The summed E-state index contributed by atoms with van der Waals surface area (Å²) in [5, 5.41) is 5.48. The monoisotopic (exact) mass is 405 g/mol. The van der Waals surface area contributed by atoms with E-state index >= 15 is 0 Å². The molecule has 29 heavy (non-hydrogen) atoms. The van der Waals surface area contributed by atoms with Crippen molar-refractivity contribution in [3.05, 3.63) is 41.7 Å². The highest BCUT2D eigenvalue weighted by atomic mass is 19.4. The Kier molecular flexibility index (Phi) is 4.64. The van der Waals surface area contributed by atoms with Crippen molar-refractivity contribution < 1.29 is 22.8 Å². The van der Waals surface area contributed by atoms with Crippen molar-refractivity contribution >= 4 is 18.0 Å². The Morgan fingerprint density at radius 3 is 2.76 bits per heavy atom. The van der Waals surface area contributed by atoms with E-state index in [-0.39, 0.29) is 29.3 Å². The second kappa shape index (κ2) is 7.02. The molecule has 2 aliphatic rings. The minimum absolute atomic E-state index is 0.00179. The van der Waals surface area contributed by atoms with Crippen molar-refractivity contribution in [2.75, 3.05) is 0 Å². The van der Waals surface area contributed by atoms with Crippen molar-refractivity contribution in [1.29, 1.82) is 0 Å². The van der Waals surface area contributed by atoms with Gasteiger partial charge in [0.2, 0.25) is 5.91 Å². The zero-order valence-electron chi connectivity index (χ0n) is 15.5. The number of carbonyl (C=O) groups is 2. The van der Waals surface area contributed by atoms with E-state index in [4.69, 9.17) is 0 Å². The topological polar surface area (TPSA) is 80.1 Å². The summed E-state index contributed by atoms with van der Waals surface area (Å²) in [7, 11) is 0. The second-order valence-corrected chi connectivity index (χ2v) is 7.30. The molecule has 1 aromatic carbocycles. The lowest BCUT2D eigenvalue weighted by atomic mass is 10.1. The first-order chi connectivity index (χ1) is 13.7. The van der Waals surface area contributed by atoms with Crippen LogP contribution in [0.15, 0.2) is 30.6 Å². The van der Waals surface area contributed by atoms with Crippen LogP contribution < -0.4 is 5.43 Å². The zero-order valence-corrected chi connectivity index (χ0v) is 15.5. The standard InChI is InChI=1S/C19H18F3N5O2/c1-11-6-13(8-14(7-11)19(20,21)22)17-23-10-26(25-17)5-4-16(28)24-27-15-3-2-12(9-15)18(27)29/h4-8,10,12,15H,2-3,9H2,1H3,(H,24,28)/b5-4-/t12-,15+/m1/s1. The number of halogens is 3. The summed E-state index contributed by atoms with van der Waals surface area (Å²) in [5.41, 5.74) is 2.46. The molecule has 0 radical (unpaired) electrons. The maximum Gasteiger partial charge on any atom is 0.416 e. The summed E-state index contributed by atoms with van der Waals surface area (Å²) in [6, 6.07) is 3.64. The molecule has 0 unspecified atom stereocenters. The number of piperidine rings is 1. The van der Waals surface area contributed by atoms with Crippen molar-refractivity contribution in [2.24, 2.45) is 5.92 Å². The number of carbonyl (C=O) groups excluding carboxylic acids is 2. The van der Waals surface area contributed by atoms with Gasteiger partial charge in [-0.15, -0.1) is 5.10 Å². The fraction of sp³-hybridized carbons (Fsp3) is 0.368. The number of aryl methyl sites for hydroxylation is 1. The van der Waals surface area contributed by atoms with E-state index in [1.54, 1.807) is 13.0 Å². The number of aromatic nitrogens is 3. The number of rotatable bonds is 4. The minimum Gasteiger partial charge on any atom is -0.273 e. The van der Waals surface area contributed by atoms with E-state index in [9.17, 15) is 22.8 Å². The highest BCUT2D eigenvalue weighted by Gasteiger charge is 2.45. The fourth-order valence-electron chi connectivity index (χ4n) is 3.79. The van der Waals surface area contributed by atoms with Crippen LogP contribution in [0.1, 0.15) is 30.4 Å². The lowest BCUT2D eigenvalue weighted by molar-refractivity contribution is -0.142. The second-order valence-electron chi connectivity index (χ2n) is 7.30. The van der Waals surface area contributed by atoms with Gasteiger partial charge in [-0.3, -0.25) is 20.0 Å². The predicted octanol–water partition coefficient (Wildman–Crippen LogP) is 2.79. The van der Waals surface area contributed by atoms with E-state index < -0.39 is 17.6 Å². The summed E-state index contributed by atoms with van der Waals surface area (Å²) in [5.74, 6) is -0.446. The SMILES string of the molecule is Cc1cc(-c2ncn(/C=C\C(=O)NN3C(=O)[C@@H]4CC[C@H]3C4)n2)cc(C(F)(F)F)c1.